The Morgan fingerprint density at radius 3 is 2.75 bits per heavy atom. The highest BCUT2D eigenvalue weighted by Crippen LogP contribution is 2.35. The topological polar surface area (TPSA) is 52.3 Å². The van der Waals surface area contributed by atoms with Crippen LogP contribution in [0.4, 0.5) is 10.1 Å². The molecule has 0 spiro atoms. The van der Waals surface area contributed by atoms with Crippen molar-refractivity contribution in [3.63, 3.8) is 0 Å². The van der Waals surface area contributed by atoms with Crippen LogP contribution in [0.25, 0.3) is 22.2 Å². The van der Waals surface area contributed by atoms with Gasteiger partial charge in [0.25, 0.3) is 5.56 Å². The predicted octanol–water partition coefficient (Wildman–Crippen LogP) is 4.74. The first-order chi connectivity index (χ1) is 15.6. The molecule has 5 rings (SSSR count). The minimum atomic E-state index is -0.306. The second kappa shape index (κ2) is 9.24. The number of aromatic nitrogens is 3. The average molecular weight is 562 g/mol. The SMILES string of the molecule is O=c1cc(-c2cn(SI)c3ncc(N4CCOCC4)cc23)ccn1Cc1cccc(F)c1. The van der Waals surface area contributed by atoms with E-state index in [1.165, 1.54) is 21.3 Å². The highest BCUT2D eigenvalue weighted by molar-refractivity contribution is 14.2. The molecule has 6 nitrogen and oxygen atoms in total. The van der Waals surface area contributed by atoms with Crippen molar-refractivity contribution >= 4 is 47.0 Å². The summed E-state index contributed by atoms with van der Waals surface area (Å²) >= 11 is 2.23. The third-order valence-electron chi connectivity index (χ3n) is 5.60. The van der Waals surface area contributed by atoms with Crippen LogP contribution in [-0.4, -0.2) is 39.8 Å². The zero-order chi connectivity index (χ0) is 22.1. The summed E-state index contributed by atoms with van der Waals surface area (Å²) in [5.41, 5.74) is 4.32. The number of rotatable bonds is 5. The molecule has 4 aromatic rings. The molecule has 0 aliphatic carbocycles. The van der Waals surface area contributed by atoms with Gasteiger partial charge in [0.05, 0.1) is 31.6 Å². The zero-order valence-corrected chi connectivity index (χ0v) is 20.1. The van der Waals surface area contributed by atoms with E-state index < -0.39 is 0 Å². The molecule has 0 amide bonds. The maximum atomic E-state index is 13.5. The summed E-state index contributed by atoms with van der Waals surface area (Å²) in [7, 11) is 1.54. The number of benzene rings is 1. The highest BCUT2D eigenvalue weighted by atomic mass is 127. The number of hydrogen-bond acceptors (Lipinski definition) is 5. The molecule has 1 aliphatic heterocycles. The van der Waals surface area contributed by atoms with Crippen molar-refractivity contribution in [2.75, 3.05) is 31.2 Å². The standard InChI is InChI=1S/C23H20FIN4O2S/c24-18-3-1-2-16(10-18)14-28-5-4-17(11-22(28)30)21-15-29(32-25)23-20(21)12-19(13-26-23)27-6-8-31-9-7-27/h1-5,10-13,15H,6-9,14H2. The molecule has 1 saturated heterocycles. The van der Waals surface area contributed by atoms with Gasteiger partial charge in [-0.3, -0.25) is 8.77 Å². The van der Waals surface area contributed by atoms with Crippen LogP contribution in [0, 0.1) is 5.82 Å². The molecule has 9 heteroatoms. The number of hydrogen-bond donors (Lipinski definition) is 0. The smallest absolute Gasteiger partial charge is 0.251 e. The van der Waals surface area contributed by atoms with Crippen molar-refractivity contribution in [2.45, 2.75) is 6.54 Å². The van der Waals surface area contributed by atoms with E-state index in [1.807, 2.05) is 28.5 Å². The minimum absolute atomic E-state index is 0.132. The van der Waals surface area contributed by atoms with E-state index in [0.29, 0.717) is 19.8 Å². The van der Waals surface area contributed by atoms with Crippen LogP contribution in [0.3, 0.4) is 0 Å². The Kier molecular flexibility index (Phi) is 6.20. The van der Waals surface area contributed by atoms with Crippen LogP contribution >= 0.6 is 30.3 Å². The fourth-order valence-corrected chi connectivity index (χ4v) is 5.24. The number of pyridine rings is 2. The molecule has 1 fully saturated rings. The Bertz CT molecular complexity index is 1330. The van der Waals surface area contributed by atoms with Gasteiger partial charge in [0.1, 0.15) is 5.82 Å². The first-order valence-corrected chi connectivity index (χ1v) is 13.5. The van der Waals surface area contributed by atoms with Crippen molar-refractivity contribution < 1.29 is 9.13 Å². The molecule has 0 N–H and O–H groups in total. The average Bonchev–Trinajstić information content (AvgIpc) is 3.19. The number of halogens is 2. The van der Waals surface area contributed by atoms with E-state index in [0.717, 1.165) is 46.5 Å². The van der Waals surface area contributed by atoms with Gasteiger partial charge in [-0.05, 0) is 35.4 Å². The van der Waals surface area contributed by atoms with Gasteiger partial charge >= 0.3 is 0 Å². The molecule has 32 heavy (non-hydrogen) atoms. The molecule has 1 aliphatic rings. The quantitative estimate of drug-likeness (QED) is 0.329. The van der Waals surface area contributed by atoms with Gasteiger partial charge in [-0.25, -0.2) is 9.37 Å². The van der Waals surface area contributed by atoms with Gasteiger partial charge in [0.2, 0.25) is 0 Å². The molecule has 164 valence electrons. The fourth-order valence-electron chi connectivity index (χ4n) is 3.98. The third kappa shape index (κ3) is 4.28. The van der Waals surface area contributed by atoms with Crippen molar-refractivity contribution in [2.24, 2.45) is 0 Å². The van der Waals surface area contributed by atoms with E-state index in [-0.39, 0.29) is 11.4 Å². The molecule has 1 aromatic carbocycles. The molecular weight excluding hydrogens is 542 g/mol. The van der Waals surface area contributed by atoms with Crippen molar-refractivity contribution in [1.29, 1.82) is 0 Å². The summed E-state index contributed by atoms with van der Waals surface area (Å²) in [5, 5.41) is 1.00. The lowest BCUT2D eigenvalue weighted by atomic mass is 10.1. The van der Waals surface area contributed by atoms with E-state index in [9.17, 15) is 9.18 Å². The van der Waals surface area contributed by atoms with Gasteiger partial charge in [-0.1, -0.05) is 12.1 Å². The van der Waals surface area contributed by atoms with E-state index in [4.69, 9.17) is 9.72 Å². The molecule has 0 atom stereocenters. The maximum Gasteiger partial charge on any atom is 0.251 e. The second-order valence-electron chi connectivity index (χ2n) is 7.61. The lowest BCUT2D eigenvalue weighted by molar-refractivity contribution is 0.122. The van der Waals surface area contributed by atoms with Crippen molar-refractivity contribution in [1.82, 2.24) is 13.5 Å². The Morgan fingerprint density at radius 2 is 2.00 bits per heavy atom. The first-order valence-electron chi connectivity index (χ1n) is 10.2. The molecule has 3 aromatic heterocycles. The summed E-state index contributed by atoms with van der Waals surface area (Å²) in [6, 6.07) is 12.0. The second-order valence-corrected chi connectivity index (χ2v) is 9.33. The summed E-state index contributed by atoms with van der Waals surface area (Å²) in [5.74, 6) is -0.306. The lowest BCUT2D eigenvalue weighted by Gasteiger charge is -2.28. The summed E-state index contributed by atoms with van der Waals surface area (Å²) in [4.78, 5) is 19.8. The Balaban J connectivity index is 1.53. The zero-order valence-electron chi connectivity index (χ0n) is 17.1. The van der Waals surface area contributed by atoms with Crippen molar-refractivity contribution in [3.05, 3.63) is 82.8 Å². The Morgan fingerprint density at radius 1 is 1.16 bits per heavy atom. The monoisotopic (exact) mass is 562 g/mol. The van der Waals surface area contributed by atoms with E-state index in [2.05, 4.69) is 32.2 Å². The number of ether oxygens (including phenoxy) is 1. The van der Waals surface area contributed by atoms with Crippen LogP contribution in [0.15, 0.2) is 65.8 Å². The van der Waals surface area contributed by atoms with Gasteiger partial charge in [-0.2, -0.15) is 0 Å². The summed E-state index contributed by atoms with van der Waals surface area (Å²) in [6.45, 7) is 3.41. The van der Waals surface area contributed by atoms with E-state index >= 15 is 0 Å². The lowest BCUT2D eigenvalue weighted by Crippen LogP contribution is -2.36. The van der Waals surface area contributed by atoms with Crippen LogP contribution in [0.1, 0.15) is 5.56 Å². The van der Waals surface area contributed by atoms with Gasteiger partial charge in [-0.15, -0.1) is 0 Å². The maximum absolute atomic E-state index is 13.5. The summed E-state index contributed by atoms with van der Waals surface area (Å²) < 4.78 is 22.6. The number of morpholine rings is 1. The fraction of sp³-hybridized carbons (Fsp3) is 0.217. The predicted molar refractivity (Wildman–Crippen MR) is 135 cm³/mol. The number of anilines is 1. The number of nitrogens with zero attached hydrogens (tertiary/aromatic N) is 4. The Labute approximate surface area is 200 Å². The molecule has 0 saturated carbocycles. The van der Waals surface area contributed by atoms with Gasteiger partial charge in [0.15, 0.2) is 5.65 Å². The molecule has 0 unspecified atom stereocenters. The molecular formula is C23H20FIN4O2S. The Hall–Kier alpha value is -2.37. The van der Waals surface area contributed by atoms with Gasteiger partial charge < -0.3 is 14.2 Å². The minimum Gasteiger partial charge on any atom is -0.378 e. The van der Waals surface area contributed by atoms with E-state index in [1.54, 1.807) is 22.9 Å². The van der Waals surface area contributed by atoms with Gasteiger partial charge in [0, 0.05) is 72.8 Å². The molecule has 4 heterocycles. The third-order valence-corrected chi connectivity index (χ3v) is 7.30. The largest absolute Gasteiger partial charge is 0.378 e. The summed E-state index contributed by atoms with van der Waals surface area (Å²) in [6.07, 6.45) is 5.68. The first kappa shape index (κ1) is 21.5. The highest BCUT2D eigenvalue weighted by Gasteiger charge is 2.17. The molecule has 0 radical (unpaired) electrons. The normalized spacial score (nSPS) is 14.2. The van der Waals surface area contributed by atoms with Crippen LogP contribution in [0.5, 0.6) is 0 Å². The van der Waals surface area contributed by atoms with Crippen molar-refractivity contribution in [3.8, 4) is 11.1 Å². The van der Waals surface area contributed by atoms with Crippen LogP contribution < -0.4 is 10.5 Å². The number of fused-ring (bicyclic) bond motifs is 1. The van der Waals surface area contributed by atoms with Crippen LogP contribution in [-0.2, 0) is 11.3 Å². The molecule has 0 bridgehead atoms. The van der Waals surface area contributed by atoms with Crippen LogP contribution in [0.2, 0.25) is 0 Å².